The van der Waals surface area contributed by atoms with Gasteiger partial charge in [-0.1, -0.05) is 110 Å². The number of amides is 2. The van der Waals surface area contributed by atoms with E-state index in [2.05, 4.69) is 6.92 Å². The van der Waals surface area contributed by atoms with E-state index in [1.54, 1.807) is 0 Å². The van der Waals surface area contributed by atoms with Crippen LogP contribution in [0.15, 0.2) is 0 Å². The van der Waals surface area contributed by atoms with Crippen LogP contribution in [-0.2, 0) is 9.59 Å². The van der Waals surface area contributed by atoms with Gasteiger partial charge in [0, 0.05) is 12.3 Å². The molecule has 170 valence electrons. The van der Waals surface area contributed by atoms with E-state index in [-0.39, 0.29) is 24.6 Å². The molecule has 0 spiro atoms. The Hall–Kier alpha value is -1.14. The van der Waals surface area contributed by atoms with Crippen molar-refractivity contribution < 1.29 is 9.59 Å². The second-order valence-corrected chi connectivity index (χ2v) is 7.86. The van der Waals surface area contributed by atoms with Crippen molar-refractivity contribution in [2.75, 3.05) is 0 Å². The first-order valence-electron chi connectivity index (χ1n) is 11.2. The molecule has 0 aromatic heterocycles. The summed E-state index contributed by atoms with van der Waals surface area (Å²) in [5, 5.41) is 0. The highest BCUT2D eigenvalue weighted by Gasteiger charge is 2.17. The molecule has 2 amide bonds. The number of hydrogen-bond donors (Lipinski definition) is 4. The number of carbonyl (C=O) groups excluding carboxylic acids is 2. The highest BCUT2D eigenvalue weighted by Crippen LogP contribution is 2.16. The summed E-state index contributed by atoms with van der Waals surface area (Å²) in [4.78, 5) is 22.1. The smallest absolute Gasteiger partial charge is 0.221 e. The van der Waals surface area contributed by atoms with Crippen LogP contribution in [0.2, 0.25) is 0 Å². The topological polar surface area (TPSA) is 156 Å². The van der Waals surface area contributed by atoms with Crippen molar-refractivity contribution in [2.45, 2.75) is 122 Å². The first-order chi connectivity index (χ1) is 12.6. The predicted octanol–water partition coefficient (Wildman–Crippen LogP) is 5.94. The largest absolute Gasteiger partial charge is 0.370 e. The van der Waals surface area contributed by atoms with E-state index in [1.165, 1.54) is 89.9 Å². The summed E-state index contributed by atoms with van der Waals surface area (Å²) in [5.41, 5.74) is 10.5. The van der Waals surface area contributed by atoms with Crippen molar-refractivity contribution in [3.05, 3.63) is 0 Å². The minimum atomic E-state index is -0.440. The van der Waals surface area contributed by atoms with Crippen LogP contribution in [0.4, 0.5) is 0 Å². The van der Waals surface area contributed by atoms with E-state index in [4.69, 9.17) is 11.5 Å². The number of carbonyl (C=O) groups is 2. The maximum Gasteiger partial charge on any atom is 0.221 e. The third-order valence-electron chi connectivity index (χ3n) is 5.26. The average Bonchev–Trinajstić information content (AvgIpc) is 2.59. The lowest BCUT2D eigenvalue weighted by Crippen LogP contribution is -2.28. The molecular formula is C22H50N4O2. The summed E-state index contributed by atoms with van der Waals surface area (Å²) in [6, 6.07) is 0. The molecule has 0 fully saturated rings. The number of unbranched alkanes of at least 4 members (excludes halogenated alkanes) is 15. The molecule has 0 aliphatic heterocycles. The van der Waals surface area contributed by atoms with Gasteiger partial charge in [-0.25, -0.2) is 0 Å². The number of hydrogen-bond acceptors (Lipinski definition) is 4. The summed E-state index contributed by atoms with van der Waals surface area (Å²) >= 11 is 0. The summed E-state index contributed by atoms with van der Waals surface area (Å²) in [7, 11) is 0. The number of nitrogens with two attached hydrogens (primary N) is 2. The molecule has 6 nitrogen and oxygen atoms in total. The molecule has 0 saturated carbocycles. The third-order valence-corrected chi connectivity index (χ3v) is 5.26. The minimum absolute atomic E-state index is 0. The molecule has 0 radical (unpaired) electrons. The van der Waals surface area contributed by atoms with Crippen molar-refractivity contribution >= 4 is 11.8 Å². The Morgan fingerprint density at radius 2 is 0.929 bits per heavy atom. The van der Waals surface area contributed by atoms with Gasteiger partial charge in [0.15, 0.2) is 0 Å². The van der Waals surface area contributed by atoms with Gasteiger partial charge in [-0.15, -0.1) is 0 Å². The Labute approximate surface area is 174 Å². The van der Waals surface area contributed by atoms with E-state index < -0.39 is 11.8 Å². The number of rotatable bonds is 20. The fourth-order valence-electron chi connectivity index (χ4n) is 3.53. The first-order valence-corrected chi connectivity index (χ1v) is 11.2. The van der Waals surface area contributed by atoms with Crippen molar-refractivity contribution in [1.29, 1.82) is 0 Å². The lowest BCUT2D eigenvalue weighted by Gasteiger charge is -2.10. The predicted molar refractivity (Wildman–Crippen MR) is 121 cm³/mol. The van der Waals surface area contributed by atoms with Gasteiger partial charge in [-0.05, 0) is 6.42 Å². The summed E-state index contributed by atoms with van der Waals surface area (Å²) in [6.45, 7) is 2.27. The van der Waals surface area contributed by atoms with E-state index in [1.807, 2.05) is 0 Å². The molecule has 0 bridgehead atoms. The summed E-state index contributed by atoms with van der Waals surface area (Å²) in [6.07, 6.45) is 22.0. The monoisotopic (exact) mass is 402 g/mol. The van der Waals surface area contributed by atoms with Gasteiger partial charge in [0.1, 0.15) is 0 Å². The Balaban J connectivity index is -0.00000312. The van der Waals surface area contributed by atoms with Crippen molar-refractivity contribution in [3.63, 3.8) is 0 Å². The Morgan fingerprint density at radius 3 is 1.21 bits per heavy atom. The van der Waals surface area contributed by atoms with E-state index in [0.29, 0.717) is 6.42 Å². The van der Waals surface area contributed by atoms with Crippen molar-refractivity contribution in [2.24, 2.45) is 17.4 Å². The zero-order valence-corrected chi connectivity index (χ0v) is 18.7. The van der Waals surface area contributed by atoms with Crippen molar-refractivity contribution in [1.82, 2.24) is 12.3 Å². The Kier molecular flexibility index (Phi) is 26.9. The Bertz CT molecular complexity index is 351. The van der Waals surface area contributed by atoms with Crippen LogP contribution in [0.3, 0.4) is 0 Å². The van der Waals surface area contributed by atoms with Crippen LogP contribution >= 0.6 is 0 Å². The van der Waals surface area contributed by atoms with E-state index in [0.717, 1.165) is 12.8 Å². The van der Waals surface area contributed by atoms with Crippen LogP contribution in [0, 0.1) is 5.92 Å². The van der Waals surface area contributed by atoms with Gasteiger partial charge in [0.2, 0.25) is 11.8 Å². The van der Waals surface area contributed by atoms with Gasteiger partial charge < -0.3 is 23.8 Å². The van der Waals surface area contributed by atoms with Gasteiger partial charge in [0.25, 0.3) is 0 Å². The van der Waals surface area contributed by atoms with Gasteiger partial charge in [0.05, 0.1) is 0 Å². The van der Waals surface area contributed by atoms with Gasteiger partial charge in [-0.3, -0.25) is 9.59 Å². The quantitative estimate of drug-likeness (QED) is 0.186. The molecule has 28 heavy (non-hydrogen) atoms. The van der Waals surface area contributed by atoms with Crippen LogP contribution in [0.25, 0.3) is 0 Å². The van der Waals surface area contributed by atoms with Gasteiger partial charge >= 0.3 is 0 Å². The van der Waals surface area contributed by atoms with Gasteiger partial charge in [-0.2, -0.15) is 0 Å². The second kappa shape index (κ2) is 23.9. The molecule has 0 aromatic carbocycles. The average molecular weight is 403 g/mol. The fraction of sp³-hybridized carbons (Fsp3) is 0.909. The minimum Gasteiger partial charge on any atom is -0.370 e. The zero-order valence-electron chi connectivity index (χ0n) is 18.7. The van der Waals surface area contributed by atoms with Crippen molar-refractivity contribution in [3.8, 4) is 0 Å². The highest BCUT2D eigenvalue weighted by molar-refractivity contribution is 5.83. The maximum atomic E-state index is 11.2. The maximum absolute atomic E-state index is 11.2. The van der Waals surface area contributed by atoms with Crippen LogP contribution in [0.1, 0.15) is 122 Å². The Morgan fingerprint density at radius 1 is 0.607 bits per heavy atom. The summed E-state index contributed by atoms with van der Waals surface area (Å²) < 4.78 is 0. The molecule has 0 rings (SSSR count). The second-order valence-electron chi connectivity index (χ2n) is 7.86. The molecule has 1 unspecified atom stereocenters. The van der Waals surface area contributed by atoms with Crippen LogP contribution < -0.4 is 23.8 Å². The normalized spacial score (nSPS) is 11.3. The molecule has 0 aromatic rings. The highest BCUT2D eigenvalue weighted by atomic mass is 16.2. The molecular weight excluding hydrogens is 352 g/mol. The molecule has 6 heteroatoms. The zero-order chi connectivity index (χ0) is 19.5. The van der Waals surface area contributed by atoms with Crippen LogP contribution in [-0.4, -0.2) is 11.8 Å². The SMILES string of the molecule is CCCCCCCCCCCCCCCCCCC(CC(N)=O)C(N)=O.N.N. The van der Waals surface area contributed by atoms with E-state index >= 15 is 0 Å². The molecule has 0 aliphatic carbocycles. The standard InChI is InChI=1S/C22H44N2O2.2H3N/c1-2-3-4-5-6-7-8-9-10-11-12-13-14-15-16-17-18-20(22(24)26)19-21(23)25;;/h20H,2-19H2,1H3,(H2,23,25)(H2,24,26);2*1H3. The summed E-state index contributed by atoms with van der Waals surface area (Å²) in [5.74, 6) is -1.21. The van der Waals surface area contributed by atoms with E-state index in [9.17, 15) is 9.59 Å². The van der Waals surface area contributed by atoms with Crippen LogP contribution in [0.5, 0.6) is 0 Å². The molecule has 0 heterocycles. The molecule has 10 N–H and O–H groups in total. The molecule has 0 saturated heterocycles. The lowest BCUT2D eigenvalue weighted by molar-refractivity contribution is -0.127. The fourth-order valence-corrected chi connectivity index (χ4v) is 3.53. The number of primary amides is 2. The first kappa shape index (κ1) is 31.6. The molecule has 1 atom stereocenters. The third kappa shape index (κ3) is 22.9. The lowest BCUT2D eigenvalue weighted by atomic mass is 9.96. The molecule has 0 aliphatic rings.